The van der Waals surface area contributed by atoms with Crippen LogP contribution in [-0.4, -0.2) is 36.0 Å². The van der Waals surface area contributed by atoms with Gasteiger partial charge in [-0.15, -0.1) is 0 Å². The molecule has 1 aliphatic rings. The lowest BCUT2D eigenvalue weighted by atomic mass is 10.1. The minimum Gasteiger partial charge on any atom is -0.361 e. The number of para-hydroxylation sites is 1. The summed E-state index contributed by atoms with van der Waals surface area (Å²) in [5, 5.41) is 12.8. The average molecular weight is 435 g/mol. The van der Waals surface area contributed by atoms with Crippen LogP contribution in [0.5, 0.6) is 0 Å². The predicted octanol–water partition coefficient (Wildman–Crippen LogP) is 2.17. The summed E-state index contributed by atoms with van der Waals surface area (Å²) in [5.41, 5.74) is 2.58. The van der Waals surface area contributed by atoms with Crippen molar-refractivity contribution in [2.24, 2.45) is 0 Å². The van der Waals surface area contributed by atoms with E-state index in [0.717, 1.165) is 34.4 Å². The van der Waals surface area contributed by atoms with Gasteiger partial charge in [-0.25, -0.2) is 9.48 Å². The van der Waals surface area contributed by atoms with Crippen molar-refractivity contribution in [3.05, 3.63) is 69.9 Å². The molecule has 4 aromatic rings. The van der Waals surface area contributed by atoms with Gasteiger partial charge >= 0.3 is 5.69 Å². The lowest BCUT2D eigenvalue weighted by molar-refractivity contribution is -0.122. The number of fused-ring (bicyclic) bond motifs is 2. The van der Waals surface area contributed by atoms with E-state index < -0.39 is 0 Å². The lowest BCUT2D eigenvalue weighted by Crippen LogP contribution is -2.37. The number of aryl methyl sites for hydroxylation is 3. The van der Waals surface area contributed by atoms with Crippen molar-refractivity contribution >= 4 is 16.8 Å². The Balaban J connectivity index is 1.23. The van der Waals surface area contributed by atoms with E-state index in [1.54, 1.807) is 4.57 Å². The molecule has 1 aromatic carbocycles. The molecule has 0 bridgehead atoms. The average Bonchev–Trinajstić information content (AvgIpc) is 3.37. The first-order chi connectivity index (χ1) is 15.5. The molecule has 3 aromatic heterocycles. The maximum absolute atomic E-state index is 12.9. The Kier molecular flexibility index (Phi) is 5.16. The Morgan fingerprint density at radius 2 is 2.06 bits per heavy atom. The molecule has 0 spiro atoms. The van der Waals surface area contributed by atoms with E-state index in [-0.39, 0.29) is 24.2 Å². The number of aromatic nitrogens is 5. The molecule has 1 amide bonds. The van der Waals surface area contributed by atoms with Crippen LogP contribution in [0, 0.1) is 13.8 Å². The fraction of sp³-hybridized carbons (Fsp3) is 0.391. The Morgan fingerprint density at radius 1 is 1.22 bits per heavy atom. The van der Waals surface area contributed by atoms with E-state index in [4.69, 9.17) is 4.52 Å². The van der Waals surface area contributed by atoms with Crippen LogP contribution in [0.3, 0.4) is 0 Å². The first-order valence-corrected chi connectivity index (χ1v) is 10.9. The van der Waals surface area contributed by atoms with Crippen molar-refractivity contribution in [1.82, 2.24) is 29.4 Å². The smallest absolute Gasteiger partial charge is 0.346 e. The van der Waals surface area contributed by atoms with E-state index in [1.165, 1.54) is 4.68 Å². The van der Waals surface area contributed by atoms with Gasteiger partial charge in [-0.1, -0.05) is 23.4 Å². The molecule has 9 nitrogen and oxygen atoms in total. The molecular weight excluding hydrogens is 408 g/mol. The molecule has 166 valence electrons. The maximum Gasteiger partial charge on any atom is 0.346 e. The molecule has 1 atom stereocenters. The predicted molar refractivity (Wildman–Crippen MR) is 118 cm³/mol. The lowest BCUT2D eigenvalue weighted by Gasteiger charge is -2.16. The van der Waals surface area contributed by atoms with Gasteiger partial charge in [0.1, 0.15) is 18.1 Å². The van der Waals surface area contributed by atoms with E-state index in [0.29, 0.717) is 31.7 Å². The van der Waals surface area contributed by atoms with Gasteiger partial charge in [0.2, 0.25) is 5.91 Å². The quantitative estimate of drug-likeness (QED) is 0.519. The standard InChI is InChI=1S/C23H26N6O3/c1-15-19(16(2)32-26-15)13-29-23(31)28-12-10-18(7-8-21(28)25-29)24-22(30)14-27-11-9-17-5-3-4-6-20(17)27/h3-6,9,11,18H,7-8,10,12-14H2,1-2H3,(H,24,30). The number of benzene rings is 1. The molecule has 0 saturated heterocycles. The topological polar surface area (TPSA) is 99.9 Å². The van der Waals surface area contributed by atoms with Crippen molar-refractivity contribution in [2.45, 2.75) is 58.8 Å². The zero-order valence-electron chi connectivity index (χ0n) is 18.2. The maximum atomic E-state index is 12.9. The van der Waals surface area contributed by atoms with Crippen LogP contribution >= 0.6 is 0 Å². The number of rotatable bonds is 5. The molecule has 1 unspecified atom stereocenters. The summed E-state index contributed by atoms with van der Waals surface area (Å²) in [7, 11) is 0. The Hall–Kier alpha value is -3.62. The SMILES string of the molecule is Cc1noc(C)c1Cn1nc2n(c1=O)CCC(NC(=O)Cn1ccc3ccccc31)CC2. The number of carbonyl (C=O) groups excluding carboxylic acids is 1. The second kappa shape index (κ2) is 8.14. The van der Waals surface area contributed by atoms with Crippen LogP contribution in [0.2, 0.25) is 0 Å². The molecule has 1 aliphatic heterocycles. The summed E-state index contributed by atoms with van der Waals surface area (Å²) in [6.45, 7) is 4.86. The zero-order chi connectivity index (χ0) is 22.2. The molecule has 0 radical (unpaired) electrons. The largest absolute Gasteiger partial charge is 0.361 e. The third-order valence-corrected chi connectivity index (χ3v) is 6.27. The van der Waals surface area contributed by atoms with Crippen LogP contribution < -0.4 is 11.0 Å². The van der Waals surface area contributed by atoms with Gasteiger partial charge in [-0.3, -0.25) is 9.36 Å². The van der Waals surface area contributed by atoms with E-state index in [9.17, 15) is 9.59 Å². The Morgan fingerprint density at radius 3 is 2.88 bits per heavy atom. The normalized spacial score (nSPS) is 16.1. The first kappa shape index (κ1) is 20.3. The minimum atomic E-state index is -0.134. The summed E-state index contributed by atoms with van der Waals surface area (Å²) in [5.74, 6) is 1.44. The molecule has 5 rings (SSSR count). The number of nitrogens with zero attached hydrogens (tertiary/aromatic N) is 5. The van der Waals surface area contributed by atoms with Gasteiger partial charge in [0.25, 0.3) is 0 Å². The van der Waals surface area contributed by atoms with Crippen molar-refractivity contribution in [2.75, 3.05) is 0 Å². The molecule has 32 heavy (non-hydrogen) atoms. The molecule has 4 heterocycles. The van der Waals surface area contributed by atoms with Gasteiger partial charge in [0.15, 0.2) is 0 Å². The Labute approximate surface area is 184 Å². The van der Waals surface area contributed by atoms with Crippen LogP contribution in [0.25, 0.3) is 10.9 Å². The van der Waals surface area contributed by atoms with E-state index in [1.807, 2.05) is 54.9 Å². The fourth-order valence-corrected chi connectivity index (χ4v) is 4.46. The second-order valence-corrected chi connectivity index (χ2v) is 8.41. The second-order valence-electron chi connectivity index (χ2n) is 8.41. The first-order valence-electron chi connectivity index (χ1n) is 10.9. The number of nitrogens with one attached hydrogen (secondary N) is 1. The van der Waals surface area contributed by atoms with Gasteiger partial charge < -0.3 is 14.4 Å². The third-order valence-electron chi connectivity index (χ3n) is 6.27. The molecule has 9 heteroatoms. The molecule has 0 aliphatic carbocycles. The van der Waals surface area contributed by atoms with Crippen LogP contribution in [0.1, 0.15) is 35.7 Å². The molecular formula is C23H26N6O3. The summed E-state index contributed by atoms with van der Waals surface area (Å²) in [4.78, 5) is 25.6. The highest BCUT2D eigenvalue weighted by molar-refractivity contribution is 5.83. The van der Waals surface area contributed by atoms with Gasteiger partial charge in [-0.05, 0) is 44.2 Å². The monoisotopic (exact) mass is 434 g/mol. The van der Waals surface area contributed by atoms with Crippen molar-refractivity contribution in [3.63, 3.8) is 0 Å². The minimum absolute atomic E-state index is 0.0152. The summed E-state index contributed by atoms with van der Waals surface area (Å²) in [6, 6.07) is 10.0. The summed E-state index contributed by atoms with van der Waals surface area (Å²) in [6.07, 6.45) is 4.03. The van der Waals surface area contributed by atoms with Gasteiger partial charge in [-0.2, -0.15) is 5.10 Å². The zero-order valence-corrected chi connectivity index (χ0v) is 18.2. The summed E-state index contributed by atoms with van der Waals surface area (Å²) < 4.78 is 10.4. The fourth-order valence-electron chi connectivity index (χ4n) is 4.46. The highest BCUT2D eigenvalue weighted by Crippen LogP contribution is 2.17. The summed E-state index contributed by atoms with van der Waals surface area (Å²) >= 11 is 0. The van der Waals surface area contributed by atoms with Crippen LogP contribution in [0.15, 0.2) is 45.8 Å². The highest BCUT2D eigenvalue weighted by atomic mass is 16.5. The third kappa shape index (κ3) is 3.74. The van der Waals surface area contributed by atoms with Gasteiger partial charge in [0.05, 0.1) is 12.2 Å². The number of hydrogen-bond donors (Lipinski definition) is 1. The number of hydrogen-bond acceptors (Lipinski definition) is 5. The van der Waals surface area contributed by atoms with Crippen molar-refractivity contribution in [3.8, 4) is 0 Å². The van der Waals surface area contributed by atoms with Crippen LogP contribution in [0.4, 0.5) is 0 Å². The molecule has 0 saturated carbocycles. The number of carbonyl (C=O) groups is 1. The molecule has 0 fully saturated rings. The van der Waals surface area contributed by atoms with Crippen LogP contribution in [-0.2, 0) is 30.8 Å². The Bertz CT molecular complexity index is 1320. The molecule has 1 N–H and O–H groups in total. The van der Waals surface area contributed by atoms with Crippen molar-refractivity contribution in [1.29, 1.82) is 0 Å². The van der Waals surface area contributed by atoms with E-state index >= 15 is 0 Å². The van der Waals surface area contributed by atoms with Gasteiger partial charge in [0, 0.05) is 36.3 Å². The van der Waals surface area contributed by atoms with E-state index in [2.05, 4.69) is 15.6 Å². The highest BCUT2D eigenvalue weighted by Gasteiger charge is 2.23. The number of amides is 1. The van der Waals surface area contributed by atoms with Crippen molar-refractivity contribution < 1.29 is 9.32 Å².